The predicted molar refractivity (Wildman–Crippen MR) is 89.8 cm³/mol. The SMILES string of the molecule is CCc1ccc(CC(NC)c2ccc3c(c2)CCC3)cc1. The lowest BCUT2D eigenvalue weighted by atomic mass is 9.95. The van der Waals surface area contributed by atoms with Gasteiger partial charge in [-0.2, -0.15) is 0 Å². The van der Waals surface area contributed by atoms with E-state index in [2.05, 4.69) is 61.8 Å². The number of fused-ring (bicyclic) bond motifs is 1. The molecule has 0 heterocycles. The highest BCUT2D eigenvalue weighted by Gasteiger charge is 2.15. The Labute approximate surface area is 128 Å². The van der Waals surface area contributed by atoms with Crippen molar-refractivity contribution in [1.82, 2.24) is 5.32 Å². The van der Waals surface area contributed by atoms with E-state index in [4.69, 9.17) is 0 Å². The van der Waals surface area contributed by atoms with Gasteiger partial charge in [-0.15, -0.1) is 0 Å². The summed E-state index contributed by atoms with van der Waals surface area (Å²) >= 11 is 0. The third kappa shape index (κ3) is 3.19. The van der Waals surface area contributed by atoms with Crippen LogP contribution in [0.1, 0.15) is 47.2 Å². The summed E-state index contributed by atoms with van der Waals surface area (Å²) in [4.78, 5) is 0. The van der Waals surface area contributed by atoms with Gasteiger partial charge in [0.2, 0.25) is 0 Å². The molecule has 0 saturated heterocycles. The molecule has 0 radical (unpaired) electrons. The van der Waals surface area contributed by atoms with Crippen LogP contribution in [0.2, 0.25) is 0 Å². The zero-order valence-electron chi connectivity index (χ0n) is 13.2. The first-order valence-electron chi connectivity index (χ1n) is 8.17. The normalized spacial score (nSPS) is 15.0. The maximum absolute atomic E-state index is 3.49. The summed E-state index contributed by atoms with van der Waals surface area (Å²) in [5.41, 5.74) is 7.37. The van der Waals surface area contributed by atoms with Gasteiger partial charge in [0.25, 0.3) is 0 Å². The standard InChI is InChI=1S/C20H25N/c1-3-15-7-9-16(10-8-15)13-20(21-2)19-12-11-17-5-4-6-18(17)14-19/h7-12,14,20-21H,3-6,13H2,1-2H3. The first-order valence-corrected chi connectivity index (χ1v) is 8.17. The van der Waals surface area contributed by atoms with Crippen molar-refractivity contribution >= 4 is 0 Å². The van der Waals surface area contributed by atoms with Crippen LogP contribution in [0.15, 0.2) is 42.5 Å². The minimum absolute atomic E-state index is 0.406. The highest BCUT2D eigenvalue weighted by atomic mass is 14.9. The van der Waals surface area contributed by atoms with Crippen LogP contribution in [0.4, 0.5) is 0 Å². The summed E-state index contributed by atoms with van der Waals surface area (Å²) in [6, 6.07) is 16.5. The Bertz CT molecular complexity index is 598. The van der Waals surface area contributed by atoms with Crippen LogP contribution >= 0.6 is 0 Å². The van der Waals surface area contributed by atoms with Gasteiger partial charge in [0.05, 0.1) is 0 Å². The molecule has 1 N–H and O–H groups in total. The molecular formula is C20H25N. The monoisotopic (exact) mass is 279 g/mol. The first kappa shape index (κ1) is 14.3. The van der Waals surface area contributed by atoms with E-state index in [1.807, 2.05) is 0 Å². The molecule has 1 unspecified atom stereocenters. The molecule has 0 spiro atoms. The summed E-state index contributed by atoms with van der Waals surface area (Å²) in [7, 11) is 2.07. The minimum Gasteiger partial charge on any atom is -0.313 e. The van der Waals surface area contributed by atoms with Crippen molar-refractivity contribution in [3.8, 4) is 0 Å². The number of hydrogen-bond donors (Lipinski definition) is 1. The molecule has 0 fully saturated rings. The van der Waals surface area contributed by atoms with Crippen molar-refractivity contribution in [3.05, 3.63) is 70.3 Å². The smallest absolute Gasteiger partial charge is 0.0358 e. The molecule has 0 saturated carbocycles. The van der Waals surface area contributed by atoms with Crippen LogP contribution in [-0.2, 0) is 25.7 Å². The number of hydrogen-bond acceptors (Lipinski definition) is 1. The van der Waals surface area contributed by atoms with Crippen LogP contribution in [0.5, 0.6) is 0 Å². The van der Waals surface area contributed by atoms with Crippen LogP contribution in [0, 0.1) is 0 Å². The summed E-state index contributed by atoms with van der Waals surface area (Å²) in [5, 5.41) is 3.49. The predicted octanol–water partition coefficient (Wildman–Crippen LogP) is 4.24. The fourth-order valence-electron chi connectivity index (χ4n) is 3.34. The van der Waals surface area contributed by atoms with Gasteiger partial charge in [-0.3, -0.25) is 0 Å². The summed E-state index contributed by atoms with van der Waals surface area (Å²) in [5.74, 6) is 0. The molecule has 1 nitrogen and oxygen atoms in total. The van der Waals surface area contributed by atoms with E-state index in [1.54, 1.807) is 11.1 Å². The van der Waals surface area contributed by atoms with Crippen molar-refractivity contribution in [2.45, 2.75) is 45.1 Å². The molecule has 0 amide bonds. The Kier molecular flexibility index (Phi) is 4.40. The van der Waals surface area contributed by atoms with Crippen molar-refractivity contribution in [1.29, 1.82) is 0 Å². The molecular weight excluding hydrogens is 254 g/mol. The zero-order valence-corrected chi connectivity index (χ0v) is 13.2. The van der Waals surface area contributed by atoms with Gasteiger partial charge in [0, 0.05) is 6.04 Å². The largest absolute Gasteiger partial charge is 0.313 e. The summed E-state index contributed by atoms with van der Waals surface area (Å²) in [6.07, 6.45) is 6.00. The van der Waals surface area contributed by atoms with Crippen molar-refractivity contribution in [3.63, 3.8) is 0 Å². The molecule has 2 aromatic rings. The van der Waals surface area contributed by atoms with E-state index in [9.17, 15) is 0 Å². The second-order valence-corrected chi connectivity index (χ2v) is 6.10. The average molecular weight is 279 g/mol. The Balaban J connectivity index is 1.78. The molecule has 110 valence electrons. The maximum atomic E-state index is 3.49. The molecule has 0 aromatic heterocycles. The highest BCUT2D eigenvalue weighted by molar-refractivity contribution is 5.37. The van der Waals surface area contributed by atoms with Crippen molar-refractivity contribution < 1.29 is 0 Å². The number of aryl methyl sites for hydroxylation is 3. The number of rotatable bonds is 5. The van der Waals surface area contributed by atoms with Gasteiger partial charge >= 0.3 is 0 Å². The second-order valence-electron chi connectivity index (χ2n) is 6.10. The average Bonchev–Trinajstić information content (AvgIpc) is 3.00. The molecule has 1 aliphatic carbocycles. The van der Waals surface area contributed by atoms with Gasteiger partial charge in [-0.1, -0.05) is 49.4 Å². The molecule has 1 aliphatic rings. The molecule has 2 aromatic carbocycles. The first-order chi connectivity index (χ1) is 10.3. The number of likely N-dealkylation sites (N-methyl/N-ethyl adjacent to an activating group) is 1. The topological polar surface area (TPSA) is 12.0 Å². The zero-order chi connectivity index (χ0) is 14.7. The van der Waals surface area contributed by atoms with E-state index >= 15 is 0 Å². The molecule has 21 heavy (non-hydrogen) atoms. The lowest BCUT2D eigenvalue weighted by Crippen LogP contribution is -2.19. The fraction of sp³-hybridized carbons (Fsp3) is 0.400. The minimum atomic E-state index is 0.406. The van der Waals surface area contributed by atoms with Gasteiger partial charge in [-0.25, -0.2) is 0 Å². The van der Waals surface area contributed by atoms with Crippen LogP contribution in [-0.4, -0.2) is 7.05 Å². The maximum Gasteiger partial charge on any atom is 0.0358 e. The Hall–Kier alpha value is -1.60. The summed E-state index contributed by atoms with van der Waals surface area (Å²) < 4.78 is 0. The number of nitrogens with one attached hydrogen (secondary N) is 1. The fourth-order valence-corrected chi connectivity index (χ4v) is 3.34. The van der Waals surface area contributed by atoms with Crippen molar-refractivity contribution in [2.75, 3.05) is 7.05 Å². The highest BCUT2D eigenvalue weighted by Crippen LogP contribution is 2.27. The van der Waals surface area contributed by atoms with Crippen LogP contribution in [0.25, 0.3) is 0 Å². The van der Waals surface area contributed by atoms with Gasteiger partial charge < -0.3 is 5.32 Å². The van der Waals surface area contributed by atoms with Gasteiger partial charge in [0.1, 0.15) is 0 Å². The summed E-state index contributed by atoms with van der Waals surface area (Å²) in [6.45, 7) is 2.20. The quantitative estimate of drug-likeness (QED) is 0.863. The van der Waals surface area contributed by atoms with E-state index in [1.165, 1.54) is 36.0 Å². The van der Waals surface area contributed by atoms with Crippen LogP contribution in [0.3, 0.4) is 0 Å². The second kappa shape index (κ2) is 6.44. The molecule has 1 heteroatoms. The third-order valence-electron chi connectivity index (χ3n) is 4.74. The Morgan fingerprint density at radius 2 is 1.67 bits per heavy atom. The lowest BCUT2D eigenvalue weighted by molar-refractivity contribution is 0.591. The van der Waals surface area contributed by atoms with Gasteiger partial charge in [-0.05, 0) is 67.0 Å². The Morgan fingerprint density at radius 3 is 2.38 bits per heavy atom. The van der Waals surface area contributed by atoms with Crippen LogP contribution < -0.4 is 5.32 Å². The molecule has 3 rings (SSSR count). The van der Waals surface area contributed by atoms with E-state index in [-0.39, 0.29) is 0 Å². The van der Waals surface area contributed by atoms with E-state index in [0.29, 0.717) is 6.04 Å². The number of benzene rings is 2. The molecule has 0 bridgehead atoms. The molecule has 0 aliphatic heterocycles. The third-order valence-corrected chi connectivity index (χ3v) is 4.74. The molecule has 1 atom stereocenters. The lowest BCUT2D eigenvalue weighted by Gasteiger charge is -2.18. The van der Waals surface area contributed by atoms with Gasteiger partial charge in [0.15, 0.2) is 0 Å². The van der Waals surface area contributed by atoms with E-state index < -0.39 is 0 Å². The van der Waals surface area contributed by atoms with E-state index in [0.717, 1.165) is 12.8 Å². The van der Waals surface area contributed by atoms with Crippen molar-refractivity contribution in [2.24, 2.45) is 0 Å². The Morgan fingerprint density at radius 1 is 0.952 bits per heavy atom.